The van der Waals surface area contributed by atoms with Gasteiger partial charge in [-0.25, -0.2) is 0 Å². The minimum Gasteiger partial charge on any atom is -0.375 e. The first-order valence-electron chi connectivity index (χ1n) is 7.64. The van der Waals surface area contributed by atoms with Gasteiger partial charge in [0.15, 0.2) is 0 Å². The van der Waals surface area contributed by atoms with E-state index in [9.17, 15) is 4.79 Å². The number of hydrogen-bond donors (Lipinski definition) is 1. The van der Waals surface area contributed by atoms with Gasteiger partial charge < -0.3 is 10.1 Å². The van der Waals surface area contributed by atoms with Crippen molar-refractivity contribution in [3.8, 4) is 0 Å². The molecule has 1 N–H and O–H groups in total. The molecule has 2 fully saturated rings. The van der Waals surface area contributed by atoms with Crippen LogP contribution in [0.1, 0.15) is 25.7 Å². The fraction of sp³-hybridized carbons (Fsp3) is 0.562. The second-order valence-corrected chi connectivity index (χ2v) is 6.17. The Hall–Kier alpha value is -1.10. The van der Waals surface area contributed by atoms with Gasteiger partial charge >= 0.3 is 0 Å². The molecule has 1 saturated carbocycles. The number of benzene rings is 1. The first kappa shape index (κ1) is 14.8. The molecule has 0 bridgehead atoms. The zero-order valence-corrected chi connectivity index (χ0v) is 12.8. The first-order chi connectivity index (χ1) is 10.2. The molecular weight excluding hydrogens is 288 g/mol. The summed E-state index contributed by atoms with van der Waals surface area (Å²) in [4.78, 5) is 14.5. The fourth-order valence-electron chi connectivity index (χ4n) is 3.31. The van der Waals surface area contributed by atoms with Crippen LogP contribution in [0.5, 0.6) is 0 Å². The van der Waals surface area contributed by atoms with Crippen molar-refractivity contribution in [3.63, 3.8) is 0 Å². The standard InChI is InChI=1S/C16H21ClN2O2/c17-12-5-1-2-6-13(12)18-16(20)11-19-9-10-21-15-8-4-3-7-14(15)19/h1-2,5-6,14-15H,3-4,7-11H2,(H,18,20)/t14-,15-/m0/s1. The Morgan fingerprint density at radius 2 is 2.14 bits per heavy atom. The number of halogens is 1. The van der Waals surface area contributed by atoms with Gasteiger partial charge in [-0.1, -0.05) is 36.6 Å². The van der Waals surface area contributed by atoms with E-state index in [0.717, 1.165) is 26.0 Å². The van der Waals surface area contributed by atoms with Gasteiger partial charge in [0.2, 0.25) is 5.91 Å². The van der Waals surface area contributed by atoms with Crippen LogP contribution in [-0.2, 0) is 9.53 Å². The van der Waals surface area contributed by atoms with Crippen molar-refractivity contribution >= 4 is 23.2 Å². The van der Waals surface area contributed by atoms with E-state index in [1.165, 1.54) is 12.8 Å². The summed E-state index contributed by atoms with van der Waals surface area (Å²) < 4.78 is 5.84. The lowest BCUT2D eigenvalue weighted by Gasteiger charge is -2.43. The van der Waals surface area contributed by atoms with Gasteiger partial charge in [0.25, 0.3) is 0 Å². The molecule has 2 atom stereocenters. The number of morpholine rings is 1. The summed E-state index contributed by atoms with van der Waals surface area (Å²) in [5.41, 5.74) is 0.678. The van der Waals surface area contributed by atoms with Crippen LogP contribution in [0.2, 0.25) is 5.02 Å². The van der Waals surface area contributed by atoms with Crippen LogP contribution in [0.3, 0.4) is 0 Å². The molecule has 1 aliphatic heterocycles. The first-order valence-corrected chi connectivity index (χ1v) is 8.02. The molecule has 21 heavy (non-hydrogen) atoms. The van der Waals surface area contributed by atoms with Gasteiger partial charge in [-0.05, 0) is 25.0 Å². The Labute approximate surface area is 130 Å². The molecule has 2 aliphatic rings. The van der Waals surface area contributed by atoms with E-state index in [4.69, 9.17) is 16.3 Å². The van der Waals surface area contributed by atoms with Gasteiger partial charge in [-0.2, -0.15) is 0 Å². The molecule has 0 spiro atoms. The van der Waals surface area contributed by atoms with Gasteiger partial charge in [0.1, 0.15) is 0 Å². The van der Waals surface area contributed by atoms with Gasteiger partial charge in [-0.3, -0.25) is 9.69 Å². The maximum atomic E-state index is 12.3. The van der Waals surface area contributed by atoms with Crippen LogP contribution in [0.25, 0.3) is 0 Å². The van der Waals surface area contributed by atoms with E-state index in [1.54, 1.807) is 6.07 Å². The summed E-state index contributed by atoms with van der Waals surface area (Å²) in [5, 5.41) is 3.47. The fourth-order valence-corrected chi connectivity index (χ4v) is 3.49. The average Bonchev–Trinajstić information content (AvgIpc) is 2.50. The Morgan fingerprint density at radius 3 is 3.00 bits per heavy atom. The highest BCUT2D eigenvalue weighted by atomic mass is 35.5. The molecule has 1 heterocycles. The summed E-state index contributed by atoms with van der Waals surface area (Å²) >= 11 is 6.07. The molecule has 3 rings (SSSR count). The molecule has 1 aromatic rings. The number of anilines is 1. The van der Waals surface area contributed by atoms with Gasteiger partial charge in [0, 0.05) is 12.6 Å². The normalized spacial score (nSPS) is 26.1. The molecular formula is C16H21ClN2O2. The quantitative estimate of drug-likeness (QED) is 0.933. The number of rotatable bonds is 3. The molecule has 0 aromatic heterocycles. The summed E-state index contributed by atoms with van der Waals surface area (Å²) in [6, 6.07) is 7.72. The molecule has 1 aromatic carbocycles. The molecule has 5 heteroatoms. The molecule has 1 aliphatic carbocycles. The molecule has 114 valence electrons. The van der Waals surface area contributed by atoms with E-state index in [2.05, 4.69) is 10.2 Å². The predicted octanol–water partition coefficient (Wildman–Crippen LogP) is 2.92. The summed E-state index contributed by atoms with van der Waals surface area (Å²) in [5.74, 6) is -0.00526. The molecule has 0 unspecified atom stereocenters. The Bertz CT molecular complexity index is 507. The van der Waals surface area contributed by atoms with Crippen LogP contribution < -0.4 is 5.32 Å². The Kier molecular flexibility index (Phi) is 4.78. The van der Waals surface area contributed by atoms with Crippen molar-refractivity contribution in [2.45, 2.75) is 37.8 Å². The number of nitrogens with one attached hydrogen (secondary N) is 1. The second kappa shape index (κ2) is 6.77. The lowest BCUT2D eigenvalue weighted by molar-refractivity contribution is -0.124. The molecule has 0 radical (unpaired) electrons. The van der Waals surface area contributed by atoms with Crippen molar-refractivity contribution < 1.29 is 9.53 Å². The smallest absolute Gasteiger partial charge is 0.238 e. The number of hydrogen-bond acceptors (Lipinski definition) is 3. The second-order valence-electron chi connectivity index (χ2n) is 5.76. The lowest BCUT2D eigenvalue weighted by Crippen LogP contribution is -2.54. The number of nitrogens with zero attached hydrogens (tertiary/aromatic N) is 1. The van der Waals surface area contributed by atoms with E-state index in [0.29, 0.717) is 29.4 Å². The minimum absolute atomic E-state index is 0.00526. The van der Waals surface area contributed by atoms with E-state index >= 15 is 0 Å². The Balaban J connectivity index is 1.60. The third kappa shape index (κ3) is 3.57. The maximum Gasteiger partial charge on any atom is 0.238 e. The topological polar surface area (TPSA) is 41.6 Å². The van der Waals surface area contributed by atoms with Gasteiger partial charge in [0.05, 0.1) is 30.0 Å². The third-order valence-electron chi connectivity index (χ3n) is 4.34. The van der Waals surface area contributed by atoms with Crippen molar-refractivity contribution in [1.29, 1.82) is 0 Å². The van der Waals surface area contributed by atoms with Crippen molar-refractivity contribution in [1.82, 2.24) is 4.90 Å². The van der Waals surface area contributed by atoms with Gasteiger partial charge in [-0.15, -0.1) is 0 Å². The lowest BCUT2D eigenvalue weighted by atomic mass is 9.90. The molecule has 1 saturated heterocycles. The van der Waals surface area contributed by atoms with Crippen LogP contribution in [0, 0.1) is 0 Å². The van der Waals surface area contributed by atoms with E-state index < -0.39 is 0 Å². The third-order valence-corrected chi connectivity index (χ3v) is 4.67. The zero-order chi connectivity index (χ0) is 14.7. The minimum atomic E-state index is -0.00526. The number of carbonyl (C=O) groups excluding carboxylic acids is 1. The van der Waals surface area contributed by atoms with E-state index in [1.807, 2.05) is 18.2 Å². The predicted molar refractivity (Wildman–Crippen MR) is 83.7 cm³/mol. The van der Waals surface area contributed by atoms with Crippen LogP contribution in [0.15, 0.2) is 24.3 Å². The number of fused-ring (bicyclic) bond motifs is 1. The molecule has 4 nitrogen and oxygen atoms in total. The van der Waals surface area contributed by atoms with Crippen molar-refractivity contribution in [2.75, 3.05) is 25.0 Å². The summed E-state index contributed by atoms with van der Waals surface area (Å²) in [6.45, 7) is 1.97. The molecule has 1 amide bonds. The van der Waals surface area contributed by atoms with Crippen molar-refractivity contribution in [2.24, 2.45) is 0 Å². The summed E-state index contributed by atoms with van der Waals surface area (Å²) in [6.07, 6.45) is 5.02. The largest absolute Gasteiger partial charge is 0.375 e. The highest BCUT2D eigenvalue weighted by molar-refractivity contribution is 6.33. The monoisotopic (exact) mass is 308 g/mol. The summed E-state index contributed by atoms with van der Waals surface area (Å²) in [7, 11) is 0. The Morgan fingerprint density at radius 1 is 1.33 bits per heavy atom. The number of amides is 1. The number of para-hydroxylation sites is 1. The van der Waals surface area contributed by atoms with Crippen LogP contribution in [-0.4, -0.2) is 42.6 Å². The number of carbonyl (C=O) groups is 1. The number of ether oxygens (including phenoxy) is 1. The highest BCUT2D eigenvalue weighted by Crippen LogP contribution is 2.28. The van der Waals surface area contributed by atoms with Crippen LogP contribution >= 0.6 is 11.6 Å². The van der Waals surface area contributed by atoms with E-state index in [-0.39, 0.29) is 5.91 Å². The maximum absolute atomic E-state index is 12.3. The SMILES string of the molecule is O=C(CN1CCO[C@H]2CCCC[C@@H]21)Nc1ccccc1Cl. The average molecular weight is 309 g/mol. The van der Waals surface area contributed by atoms with Crippen LogP contribution in [0.4, 0.5) is 5.69 Å². The van der Waals surface area contributed by atoms with Crippen molar-refractivity contribution in [3.05, 3.63) is 29.3 Å². The zero-order valence-electron chi connectivity index (χ0n) is 12.1. The highest BCUT2D eigenvalue weighted by Gasteiger charge is 2.34.